The van der Waals surface area contributed by atoms with Crippen LogP contribution in [0.2, 0.25) is 5.02 Å². The molecule has 4 atom stereocenters. The van der Waals surface area contributed by atoms with E-state index in [1.54, 1.807) is 21.3 Å². The molecule has 0 unspecified atom stereocenters. The van der Waals surface area contributed by atoms with Crippen molar-refractivity contribution < 1.29 is 19.0 Å². The number of hydrogen-bond acceptors (Lipinski definition) is 6. The van der Waals surface area contributed by atoms with Crippen LogP contribution in [0, 0.1) is 11.8 Å². The second-order valence-corrected chi connectivity index (χ2v) is 11.9. The van der Waals surface area contributed by atoms with E-state index in [0.29, 0.717) is 46.2 Å². The number of rotatable bonds is 11. The van der Waals surface area contributed by atoms with Gasteiger partial charge in [0.05, 0.1) is 21.3 Å². The van der Waals surface area contributed by atoms with Crippen LogP contribution >= 0.6 is 11.6 Å². The summed E-state index contributed by atoms with van der Waals surface area (Å²) in [6.07, 6.45) is 8.15. The predicted molar refractivity (Wildman–Crippen MR) is 159 cm³/mol. The second kappa shape index (κ2) is 13.5. The molecule has 0 radical (unpaired) electrons. The van der Waals surface area contributed by atoms with Crippen LogP contribution in [0.1, 0.15) is 60.9 Å². The molecular formula is C32H44ClN3O4. The van der Waals surface area contributed by atoms with Crippen LogP contribution in [0.15, 0.2) is 36.4 Å². The topological polar surface area (TPSA) is 63.3 Å². The van der Waals surface area contributed by atoms with Crippen molar-refractivity contribution >= 4 is 17.5 Å². The highest BCUT2D eigenvalue weighted by atomic mass is 35.5. The average molecular weight is 570 g/mol. The normalized spacial score (nSPS) is 24.4. The number of likely N-dealkylation sites (tertiary alicyclic amines) is 1. The van der Waals surface area contributed by atoms with Crippen LogP contribution in [0.3, 0.4) is 0 Å². The van der Waals surface area contributed by atoms with E-state index < -0.39 is 0 Å². The van der Waals surface area contributed by atoms with E-state index in [2.05, 4.69) is 15.1 Å². The molecule has 40 heavy (non-hydrogen) atoms. The van der Waals surface area contributed by atoms with Gasteiger partial charge in [0.25, 0.3) is 5.91 Å². The molecule has 2 aromatic carbocycles. The van der Waals surface area contributed by atoms with Crippen molar-refractivity contribution in [2.24, 2.45) is 11.8 Å². The molecule has 3 saturated heterocycles. The van der Waals surface area contributed by atoms with Crippen molar-refractivity contribution in [3.05, 3.63) is 52.5 Å². The standard InChI is InChI=1S/C32H44ClN3O4/c1-38-28-18-22(19-29(39-2)31(28)40-3)20-34-15-5-4-10-27-26-9-7-17-35-16-6-8-24(30(26)35)21-36(27)32(37)23-11-13-25(33)14-12-23/h11-14,18-19,24,26-27,30,34H,4-10,15-17,20-21H2,1-3H3/t24-,26-,27-,30+/m1/s1. The first kappa shape index (κ1) is 29.0. The van der Waals surface area contributed by atoms with Gasteiger partial charge in [-0.2, -0.15) is 0 Å². The summed E-state index contributed by atoms with van der Waals surface area (Å²) in [6.45, 7) is 4.96. The highest BCUT2D eigenvalue weighted by Gasteiger charge is 2.49. The zero-order valence-electron chi connectivity index (χ0n) is 24.2. The van der Waals surface area contributed by atoms with Crippen molar-refractivity contribution in [3.8, 4) is 17.2 Å². The summed E-state index contributed by atoms with van der Waals surface area (Å²) in [5.74, 6) is 3.28. The zero-order valence-corrected chi connectivity index (χ0v) is 24.9. The number of carbonyl (C=O) groups is 1. The van der Waals surface area contributed by atoms with Gasteiger partial charge < -0.3 is 24.4 Å². The smallest absolute Gasteiger partial charge is 0.254 e. The van der Waals surface area contributed by atoms with Crippen molar-refractivity contribution in [2.75, 3.05) is 47.5 Å². The van der Waals surface area contributed by atoms with E-state index in [0.717, 1.165) is 50.0 Å². The molecule has 218 valence electrons. The molecule has 5 rings (SSSR count). The average Bonchev–Trinajstić information content (AvgIpc) is 2.99. The lowest BCUT2D eigenvalue weighted by molar-refractivity contribution is -0.0672. The van der Waals surface area contributed by atoms with Crippen LogP contribution in [-0.4, -0.2) is 75.3 Å². The number of nitrogens with zero attached hydrogens (tertiary/aromatic N) is 2. The van der Waals surface area contributed by atoms with Gasteiger partial charge in [-0.3, -0.25) is 9.69 Å². The van der Waals surface area contributed by atoms with Gasteiger partial charge in [-0.25, -0.2) is 0 Å². The maximum absolute atomic E-state index is 13.8. The molecule has 3 heterocycles. The Kier molecular flexibility index (Phi) is 9.76. The third-order valence-corrected chi connectivity index (χ3v) is 9.43. The molecule has 7 nitrogen and oxygen atoms in total. The minimum Gasteiger partial charge on any atom is -0.493 e. The van der Waals surface area contributed by atoms with Crippen LogP contribution in [-0.2, 0) is 6.54 Å². The summed E-state index contributed by atoms with van der Waals surface area (Å²) in [4.78, 5) is 18.8. The van der Waals surface area contributed by atoms with Crippen molar-refractivity contribution in [3.63, 3.8) is 0 Å². The Bertz CT molecular complexity index is 1120. The summed E-state index contributed by atoms with van der Waals surface area (Å²) < 4.78 is 16.4. The van der Waals surface area contributed by atoms with E-state index in [4.69, 9.17) is 25.8 Å². The van der Waals surface area contributed by atoms with Crippen molar-refractivity contribution in [1.82, 2.24) is 15.1 Å². The van der Waals surface area contributed by atoms with E-state index in [9.17, 15) is 4.79 Å². The number of benzene rings is 2. The van der Waals surface area contributed by atoms with Crippen molar-refractivity contribution in [2.45, 2.75) is 63.6 Å². The number of hydrogen-bond donors (Lipinski definition) is 1. The Balaban J connectivity index is 1.21. The number of ether oxygens (including phenoxy) is 3. The molecule has 8 heteroatoms. The summed E-state index contributed by atoms with van der Waals surface area (Å²) >= 11 is 6.13. The zero-order chi connectivity index (χ0) is 28.1. The Morgan fingerprint density at radius 2 is 1.68 bits per heavy atom. The lowest BCUT2D eigenvalue weighted by Crippen LogP contribution is -2.65. The molecule has 1 amide bonds. The molecular weight excluding hydrogens is 526 g/mol. The number of piperidine rings is 3. The summed E-state index contributed by atoms with van der Waals surface area (Å²) in [7, 11) is 4.90. The summed E-state index contributed by atoms with van der Waals surface area (Å²) in [5, 5.41) is 4.25. The molecule has 3 fully saturated rings. The molecule has 0 spiro atoms. The van der Waals surface area contributed by atoms with Crippen LogP contribution < -0.4 is 19.5 Å². The predicted octanol–water partition coefficient (Wildman–Crippen LogP) is 5.64. The molecule has 2 aromatic rings. The van der Waals surface area contributed by atoms with E-state index >= 15 is 0 Å². The molecule has 3 aliphatic rings. The first-order valence-corrected chi connectivity index (χ1v) is 15.2. The Morgan fingerprint density at radius 3 is 2.35 bits per heavy atom. The van der Waals surface area contributed by atoms with Gasteiger partial charge in [0, 0.05) is 35.8 Å². The molecule has 3 aliphatic heterocycles. The third kappa shape index (κ3) is 6.22. The fourth-order valence-electron chi connectivity index (χ4n) is 7.43. The van der Waals surface area contributed by atoms with Gasteiger partial charge in [-0.1, -0.05) is 18.0 Å². The fraction of sp³-hybridized carbons (Fsp3) is 0.594. The van der Waals surface area contributed by atoms with Gasteiger partial charge in [-0.15, -0.1) is 0 Å². The van der Waals surface area contributed by atoms with E-state index in [1.165, 1.54) is 38.8 Å². The first-order valence-electron chi connectivity index (χ1n) is 14.8. The second-order valence-electron chi connectivity index (χ2n) is 11.5. The molecule has 1 N–H and O–H groups in total. The van der Waals surface area contributed by atoms with Crippen LogP contribution in [0.25, 0.3) is 0 Å². The van der Waals surface area contributed by atoms with E-state index in [1.807, 2.05) is 36.4 Å². The highest BCUT2D eigenvalue weighted by Crippen LogP contribution is 2.44. The third-order valence-electron chi connectivity index (χ3n) is 9.18. The monoisotopic (exact) mass is 569 g/mol. The van der Waals surface area contributed by atoms with Gasteiger partial charge in [-0.05, 0) is 112 Å². The van der Waals surface area contributed by atoms with Gasteiger partial charge in [0.1, 0.15) is 0 Å². The van der Waals surface area contributed by atoms with Gasteiger partial charge >= 0.3 is 0 Å². The lowest BCUT2D eigenvalue weighted by atomic mass is 9.69. The highest BCUT2D eigenvalue weighted by molar-refractivity contribution is 6.30. The van der Waals surface area contributed by atoms with Crippen LogP contribution in [0.4, 0.5) is 0 Å². The molecule has 0 aliphatic carbocycles. The number of unbranched alkanes of at least 4 members (excludes halogenated alkanes) is 1. The lowest BCUT2D eigenvalue weighted by Gasteiger charge is -2.57. The van der Waals surface area contributed by atoms with Crippen molar-refractivity contribution in [1.29, 1.82) is 0 Å². The van der Waals surface area contributed by atoms with Crippen LogP contribution in [0.5, 0.6) is 17.2 Å². The van der Waals surface area contributed by atoms with Gasteiger partial charge in [0.2, 0.25) is 5.75 Å². The Hall–Kier alpha value is -2.48. The SMILES string of the molecule is COc1cc(CNCCCC[C@@H]2[C@H]3CCCN4CCC[C@H](CN2C(=O)c2ccc(Cl)cc2)[C@@H]34)cc(OC)c1OC. The number of nitrogens with one attached hydrogen (secondary N) is 1. The first-order chi connectivity index (χ1) is 19.5. The number of methoxy groups -OCH3 is 3. The number of carbonyl (C=O) groups excluding carboxylic acids is 1. The molecule has 0 saturated carbocycles. The maximum Gasteiger partial charge on any atom is 0.254 e. The molecule has 0 bridgehead atoms. The summed E-state index contributed by atoms with van der Waals surface area (Å²) in [6, 6.07) is 12.3. The molecule has 0 aromatic heterocycles. The largest absolute Gasteiger partial charge is 0.493 e. The summed E-state index contributed by atoms with van der Waals surface area (Å²) in [5.41, 5.74) is 1.84. The minimum atomic E-state index is 0.170. The van der Waals surface area contributed by atoms with E-state index in [-0.39, 0.29) is 5.91 Å². The Morgan fingerprint density at radius 1 is 0.975 bits per heavy atom. The number of amides is 1. The fourth-order valence-corrected chi connectivity index (χ4v) is 7.56. The van der Waals surface area contributed by atoms with Gasteiger partial charge in [0.15, 0.2) is 11.5 Å². The maximum atomic E-state index is 13.8. The number of halogens is 1. The quantitative estimate of drug-likeness (QED) is 0.353. The minimum absolute atomic E-state index is 0.170. The Labute approximate surface area is 244 Å².